The van der Waals surface area contributed by atoms with Gasteiger partial charge in [-0.25, -0.2) is 0 Å². The van der Waals surface area contributed by atoms with Crippen LogP contribution in [0.2, 0.25) is 0 Å². The average Bonchev–Trinajstić information content (AvgIpc) is 2.06. The van der Waals surface area contributed by atoms with Crippen molar-refractivity contribution in [3.8, 4) is 5.75 Å². The van der Waals surface area contributed by atoms with E-state index in [1.807, 2.05) is 24.3 Å². The molecule has 0 N–H and O–H groups in total. The van der Waals surface area contributed by atoms with Gasteiger partial charge in [0.25, 0.3) is 0 Å². The summed E-state index contributed by atoms with van der Waals surface area (Å²) in [4.78, 5) is 0. The molecule has 0 spiro atoms. The second kappa shape index (κ2) is 2.27. The second-order valence-electron chi connectivity index (χ2n) is 2.39. The van der Waals surface area contributed by atoms with Gasteiger partial charge in [0.05, 0.1) is 0 Å². The van der Waals surface area contributed by atoms with E-state index in [9.17, 15) is 5.11 Å². The van der Waals surface area contributed by atoms with E-state index in [0.29, 0.717) is 0 Å². The van der Waals surface area contributed by atoms with Crippen LogP contribution in [0, 0.1) is 6.07 Å². The van der Waals surface area contributed by atoms with Crippen LogP contribution < -0.4 is 0 Å². The van der Waals surface area contributed by atoms with Crippen LogP contribution in [-0.2, 0) is 5.11 Å². The summed E-state index contributed by atoms with van der Waals surface area (Å²) in [5, 5.41) is 12.8. The molecule has 1 heteroatoms. The molecule has 2 radical (unpaired) electrons. The molecule has 0 saturated heterocycles. The lowest BCUT2D eigenvalue weighted by molar-refractivity contribution is 0.360. The first-order valence-electron chi connectivity index (χ1n) is 3.44. The van der Waals surface area contributed by atoms with Crippen LogP contribution >= 0.6 is 0 Å². The van der Waals surface area contributed by atoms with Crippen molar-refractivity contribution >= 4 is 10.8 Å². The Morgan fingerprint density at radius 2 is 2.00 bits per heavy atom. The minimum absolute atomic E-state index is 0.0688. The molecule has 0 amide bonds. The molecule has 0 unspecified atom stereocenters. The first kappa shape index (κ1) is 6.23. The third-order valence-corrected chi connectivity index (χ3v) is 1.66. The summed E-state index contributed by atoms with van der Waals surface area (Å²) in [6.45, 7) is 0. The third kappa shape index (κ3) is 0.944. The Morgan fingerprint density at radius 1 is 1.09 bits per heavy atom. The molecule has 2 rings (SSSR count). The fourth-order valence-electron chi connectivity index (χ4n) is 1.12. The first-order chi connectivity index (χ1) is 5.38. The quantitative estimate of drug-likeness (QED) is 0.539. The topological polar surface area (TPSA) is 19.9 Å². The largest absolute Gasteiger partial charge is 0.289 e. The van der Waals surface area contributed by atoms with Gasteiger partial charge in [0.2, 0.25) is 0 Å². The standard InChI is InChI=1S/C10H6O/c11-10-7-3-5-8-4-1-2-6-9(8)10/h1-3,5-7H. The number of benzene rings is 2. The monoisotopic (exact) mass is 142 g/mol. The fourth-order valence-corrected chi connectivity index (χ4v) is 1.12. The maximum absolute atomic E-state index is 11.2. The summed E-state index contributed by atoms with van der Waals surface area (Å²) in [5.74, 6) is 0.0688. The van der Waals surface area contributed by atoms with Gasteiger partial charge in [-0.15, -0.1) is 0 Å². The third-order valence-electron chi connectivity index (χ3n) is 1.66. The van der Waals surface area contributed by atoms with Crippen LogP contribution in [0.15, 0.2) is 36.4 Å². The van der Waals surface area contributed by atoms with Crippen molar-refractivity contribution in [3.05, 3.63) is 42.5 Å². The molecule has 52 valence electrons. The van der Waals surface area contributed by atoms with Crippen LogP contribution in [0.1, 0.15) is 0 Å². The number of hydrogen-bond donors (Lipinski definition) is 0. The molecule has 0 bridgehead atoms. The smallest absolute Gasteiger partial charge is 0.186 e. The highest BCUT2D eigenvalue weighted by molar-refractivity contribution is 5.87. The van der Waals surface area contributed by atoms with E-state index in [1.54, 1.807) is 12.1 Å². The van der Waals surface area contributed by atoms with Gasteiger partial charge in [0, 0.05) is 5.39 Å². The highest BCUT2D eigenvalue weighted by Crippen LogP contribution is 2.23. The van der Waals surface area contributed by atoms with Gasteiger partial charge < -0.3 is 0 Å². The molecule has 2 aromatic rings. The van der Waals surface area contributed by atoms with Crippen molar-refractivity contribution in [2.75, 3.05) is 0 Å². The summed E-state index contributed by atoms with van der Waals surface area (Å²) in [7, 11) is 0. The molecule has 1 nitrogen and oxygen atoms in total. The zero-order chi connectivity index (χ0) is 7.68. The van der Waals surface area contributed by atoms with Crippen LogP contribution in [-0.4, -0.2) is 0 Å². The van der Waals surface area contributed by atoms with Gasteiger partial charge in [-0.2, -0.15) is 0 Å². The van der Waals surface area contributed by atoms with Gasteiger partial charge in [-0.05, 0) is 17.5 Å². The maximum atomic E-state index is 11.2. The maximum Gasteiger partial charge on any atom is 0.186 e. The Balaban J connectivity index is 2.91. The van der Waals surface area contributed by atoms with Crippen molar-refractivity contribution in [2.45, 2.75) is 0 Å². The molecule has 0 saturated carbocycles. The SMILES string of the molecule is [O]c1cccc2[c]cccc12. The van der Waals surface area contributed by atoms with Crippen LogP contribution in [0.5, 0.6) is 5.75 Å². The number of fused-ring (bicyclic) bond motifs is 1. The highest BCUT2D eigenvalue weighted by Gasteiger charge is 1.97. The normalized spacial score (nSPS) is 10.2. The Labute approximate surface area is 64.9 Å². The summed E-state index contributed by atoms with van der Waals surface area (Å²) in [6, 6.07) is 13.6. The van der Waals surface area contributed by atoms with Gasteiger partial charge in [0.15, 0.2) is 5.75 Å². The van der Waals surface area contributed by atoms with Crippen LogP contribution in [0.4, 0.5) is 0 Å². The molecular formula is C10H6O. The van der Waals surface area contributed by atoms with Crippen molar-refractivity contribution in [1.29, 1.82) is 0 Å². The average molecular weight is 142 g/mol. The molecule has 0 atom stereocenters. The molecule has 11 heavy (non-hydrogen) atoms. The van der Waals surface area contributed by atoms with E-state index in [1.165, 1.54) is 0 Å². The minimum atomic E-state index is 0.0688. The van der Waals surface area contributed by atoms with Gasteiger partial charge >= 0.3 is 0 Å². The highest BCUT2D eigenvalue weighted by atomic mass is 16.3. The Bertz CT molecular complexity index is 374. The molecule has 0 aromatic heterocycles. The molecule has 0 aliphatic carbocycles. The lowest BCUT2D eigenvalue weighted by Gasteiger charge is -1.94. The first-order valence-corrected chi connectivity index (χ1v) is 3.44. The fraction of sp³-hybridized carbons (Fsp3) is 0. The van der Waals surface area contributed by atoms with E-state index in [-0.39, 0.29) is 5.75 Å². The molecule has 2 aromatic carbocycles. The van der Waals surface area contributed by atoms with E-state index in [2.05, 4.69) is 6.07 Å². The van der Waals surface area contributed by atoms with Crippen molar-refractivity contribution in [3.63, 3.8) is 0 Å². The second-order valence-corrected chi connectivity index (χ2v) is 2.39. The summed E-state index contributed by atoms with van der Waals surface area (Å²) >= 11 is 0. The predicted molar refractivity (Wildman–Crippen MR) is 42.9 cm³/mol. The lowest BCUT2D eigenvalue weighted by Crippen LogP contribution is -1.70. The molecule has 0 aliphatic rings. The van der Waals surface area contributed by atoms with Crippen LogP contribution in [0.3, 0.4) is 0 Å². The summed E-state index contributed by atoms with van der Waals surface area (Å²) < 4.78 is 0. The van der Waals surface area contributed by atoms with Crippen molar-refractivity contribution < 1.29 is 5.11 Å². The van der Waals surface area contributed by atoms with Gasteiger partial charge in [-0.1, -0.05) is 30.3 Å². The lowest BCUT2D eigenvalue weighted by atomic mass is 10.1. The Hall–Kier alpha value is -1.50. The Kier molecular flexibility index (Phi) is 1.29. The zero-order valence-electron chi connectivity index (χ0n) is 5.87. The van der Waals surface area contributed by atoms with Crippen molar-refractivity contribution in [2.24, 2.45) is 0 Å². The molecule has 0 heterocycles. The number of hydrogen-bond acceptors (Lipinski definition) is 0. The number of rotatable bonds is 0. The molecule has 0 aliphatic heterocycles. The summed E-state index contributed by atoms with van der Waals surface area (Å²) in [5.41, 5.74) is 0. The van der Waals surface area contributed by atoms with E-state index >= 15 is 0 Å². The molecule has 0 fully saturated rings. The summed E-state index contributed by atoms with van der Waals surface area (Å²) in [6.07, 6.45) is 0. The predicted octanol–water partition coefficient (Wildman–Crippen LogP) is 2.78. The minimum Gasteiger partial charge on any atom is -0.289 e. The Morgan fingerprint density at radius 3 is 2.82 bits per heavy atom. The van der Waals surface area contributed by atoms with E-state index in [4.69, 9.17) is 0 Å². The van der Waals surface area contributed by atoms with E-state index < -0.39 is 0 Å². The molecular weight excluding hydrogens is 136 g/mol. The van der Waals surface area contributed by atoms with E-state index in [0.717, 1.165) is 10.8 Å². The van der Waals surface area contributed by atoms with Gasteiger partial charge in [0.1, 0.15) is 0 Å². The zero-order valence-corrected chi connectivity index (χ0v) is 5.87. The van der Waals surface area contributed by atoms with Crippen molar-refractivity contribution in [1.82, 2.24) is 0 Å². The van der Waals surface area contributed by atoms with Crippen LogP contribution in [0.25, 0.3) is 10.8 Å². The van der Waals surface area contributed by atoms with Gasteiger partial charge in [-0.3, -0.25) is 5.11 Å².